The molecule has 152 valence electrons. The minimum atomic E-state index is -0.952. The number of nitrogens with zero attached hydrogens (tertiary/aromatic N) is 1. The fourth-order valence-corrected chi connectivity index (χ4v) is 3.75. The van der Waals surface area contributed by atoms with Crippen molar-refractivity contribution in [3.63, 3.8) is 0 Å². The van der Waals surface area contributed by atoms with E-state index < -0.39 is 23.7 Å². The summed E-state index contributed by atoms with van der Waals surface area (Å²) >= 11 is 6.17. The average Bonchev–Trinajstić information content (AvgIpc) is 2.69. The van der Waals surface area contributed by atoms with Crippen molar-refractivity contribution in [2.24, 2.45) is 11.8 Å². The molecule has 0 saturated heterocycles. The molecule has 29 heavy (non-hydrogen) atoms. The Morgan fingerprint density at radius 1 is 1.07 bits per heavy atom. The molecule has 1 fully saturated rings. The van der Waals surface area contributed by atoms with Gasteiger partial charge in [0.25, 0.3) is 5.91 Å². The molecule has 2 amide bonds. The first-order chi connectivity index (χ1) is 13.8. The maximum Gasteiger partial charge on any atom is 0.307 e. The Kier molecular flexibility index (Phi) is 6.49. The normalized spacial score (nSPS) is 18.7. The molecule has 8 heteroatoms. The second-order valence-corrected chi connectivity index (χ2v) is 7.55. The number of carboxylic acid groups (broad SMARTS) is 1. The van der Waals surface area contributed by atoms with Gasteiger partial charge >= 0.3 is 5.97 Å². The third kappa shape index (κ3) is 5.12. The van der Waals surface area contributed by atoms with Crippen LogP contribution in [0.2, 0.25) is 5.02 Å². The van der Waals surface area contributed by atoms with Gasteiger partial charge < -0.3 is 15.7 Å². The predicted octanol–water partition coefficient (Wildman–Crippen LogP) is 4.13. The number of benzene rings is 1. The smallest absolute Gasteiger partial charge is 0.307 e. The van der Waals surface area contributed by atoms with Gasteiger partial charge in [-0.05, 0) is 50.1 Å². The number of nitrogens with one attached hydrogen (secondary N) is 2. The summed E-state index contributed by atoms with van der Waals surface area (Å²) in [6.07, 6.45) is 2.65. The van der Waals surface area contributed by atoms with Crippen molar-refractivity contribution in [2.75, 3.05) is 10.6 Å². The third-order valence-electron chi connectivity index (χ3n) is 5.03. The first kappa shape index (κ1) is 20.8. The topological polar surface area (TPSA) is 108 Å². The molecule has 1 saturated carbocycles. The van der Waals surface area contributed by atoms with E-state index in [1.54, 1.807) is 18.2 Å². The summed E-state index contributed by atoms with van der Waals surface area (Å²) in [7, 11) is 0. The number of anilines is 2. The fraction of sp³-hybridized carbons (Fsp3) is 0.333. The summed E-state index contributed by atoms with van der Waals surface area (Å²) in [4.78, 5) is 40.9. The summed E-state index contributed by atoms with van der Waals surface area (Å²) in [5.74, 6) is -2.65. The number of hydrogen-bond acceptors (Lipinski definition) is 4. The van der Waals surface area contributed by atoms with Crippen molar-refractivity contribution in [3.8, 4) is 0 Å². The van der Waals surface area contributed by atoms with Gasteiger partial charge in [-0.1, -0.05) is 30.5 Å². The number of aromatic nitrogens is 1. The number of carboxylic acids is 1. The lowest BCUT2D eigenvalue weighted by Crippen LogP contribution is -2.36. The van der Waals surface area contributed by atoms with Crippen molar-refractivity contribution >= 4 is 40.9 Å². The number of aliphatic carboxylic acids is 1. The summed E-state index contributed by atoms with van der Waals surface area (Å²) in [6, 6.07) is 9.84. The zero-order chi connectivity index (χ0) is 21.0. The van der Waals surface area contributed by atoms with E-state index in [4.69, 9.17) is 11.6 Å². The third-order valence-corrected chi connectivity index (χ3v) is 5.36. The van der Waals surface area contributed by atoms with Crippen LogP contribution in [0.25, 0.3) is 0 Å². The van der Waals surface area contributed by atoms with Crippen LogP contribution < -0.4 is 10.6 Å². The molecule has 0 spiro atoms. The van der Waals surface area contributed by atoms with E-state index >= 15 is 0 Å². The molecule has 0 radical (unpaired) electrons. The molecular weight excluding hydrogens is 394 g/mol. The molecule has 2 atom stereocenters. The van der Waals surface area contributed by atoms with Crippen LogP contribution in [0.4, 0.5) is 11.5 Å². The fourth-order valence-electron chi connectivity index (χ4n) is 3.55. The average molecular weight is 416 g/mol. The van der Waals surface area contributed by atoms with Crippen LogP contribution in [-0.4, -0.2) is 27.9 Å². The van der Waals surface area contributed by atoms with Crippen molar-refractivity contribution in [2.45, 2.75) is 32.6 Å². The van der Waals surface area contributed by atoms with Gasteiger partial charge in [-0.15, -0.1) is 0 Å². The molecule has 3 rings (SSSR count). The number of rotatable bonds is 5. The second-order valence-electron chi connectivity index (χ2n) is 7.14. The molecule has 1 heterocycles. The standard InChI is InChI=1S/C21H22ClN3O4/c1-12-5-4-8-18(23-12)25-20(27)16-11-13(9-10-17(16)22)24-19(26)14-6-2-3-7-15(14)21(28)29/h4-5,8-11,14-15H,2-3,6-7H2,1H3,(H,24,26)(H,28,29)(H,23,25,27)/t14-,15+/m1/s1. The van der Waals surface area contributed by atoms with Gasteiger partial charge in [0.05, 0.1) is 22.4 Å². The van der Waals surface area contributed by atoms with E-state index in [9.17, 15) is 19.5 Å². The number of halogens is 1. The molecule has 0 aliphatic heterocycles. The summed E-state index contributed by atoms with van der Waals surface area (Å²) in [5, 5.41) is 15.0. The first-order valence-electron chi connectivity index (χ1n) is 9.43. The number of amides is 2. The van der Waals surface area contributed by atoms with Gasteiger partial charge in [-0.25, -0.2) is 4.98 Å². The molecule has 0 unspecified atom stereocenters. The lowest BCUT2D eigenvalue weighted by atomic mass is 9.78. The highest BCUT2D eigenvalue weighted by molar-refractivity contribution is 6.34. The van der Waals surface area contributed by atoms with E-state index in [2.05, 4.69) is 15.6 Å². The summed E-state index contributed by atoms with van der Waals surface area (Å²) in [5.41, 5.74) is 1.33. The number of aryl methyl sites for hydroxylation is 1. The SMILES string of the molecule is Cc1cccc(NC(=O)c2cc(NC(=O)[C@@H]3CCCC[C@@H]3C(=O)O)ccc2Cl)n1. The Morgan fingerprint density at radius 3 is 2.48 bits per heavy atom. The molecule has 1 aliphatic rings. The van der Waals surface area contributed by atoms with Gasteiger partial charge in [0.1, 0.15) is 5.82 Å². The largest absolute Gasteiger partial charge is 0.481 e. The Labute approximate surface area is 173 Å². The molecule has 3 N–H and O–H groups in total. The maximum absolute atomic E-state index is 12.7. The van der Waals surface area contributed by atoms with Crippen LogP contribution >= 0.6 is 11.6 Å². The summed E-state index contributed by atoms with van der Waals surface area (Å²) in [6.45, 7) is 1.81. The highest BCUT2D eigenvalue weighted by Gasteiger charge is 2.35. The summed E-state index contributed by atoms with van der Waals surface area (Å²) < 4.78 is 0. The quantitative estimate of drug-likeness (QED) is 0.680. The minimum Gasteiger partial charge on any atom is -0.481 e. The van der Waals surface area contributed by atoms with Crippen LogP contribution in [-0.2, 0) is 9.59 Å². The van der Waals surface area contributed by atoms with E-state index in [-0.39, 0.29) is 16.5 Å². The molecule has 1 aromatic carbocycles. The van der Waals surface area contributed by atoms with Crippen LogP contribution in [0.3, 0.4) is 0 Å². The van der Waals surface area contributed by atoms with Gasteiger partial charge in [-0.2, -0.15) is 0 Å². The van der Waals surface area contributed by atoms with Gasteiger partial charge in [-0.3, -0.25) is 14.4 Å². The molecule has 7 nitrogen and oxygen atoms in total. The highest BCUT2D eigenvalue weighted by Crippen LogP contribution is 2.31. The Balaban J connectivity index is 1.75. The zero-order valence-electron chi connectivity index (χ0n) is 15.9. The minimum absolute atomic E-state index is 0.186. The van der Waals surface area contributed by atoms with E-state index in [0.717, 1.165) is 18.5 Å². The Morgan fingerprint density at radius 2 is 1.79 bits per heavy atom. The van der Waals surface area contributed by atoms with E-state index in [0.29, 0.717) is 24.3 Å². The lowest BCUT2D eigenvalue weighted by molar-refractivity contribution is -0.147. The molecular formula is C21H22ClN3O4. The maximum atomic E-state index is 12.7. The second kappa shape index (κ2) is 9.05. The van der Waals surface area contributed by atoms with Gasteiger partial charge in [0.2, 0.25) is 5.91 Å². The van der Waals surface area contributed by atoms with Crippen LogP contribution in [0.1, 0.15) is 41.7 Å². The lowest BCUT2D eigenvalue weighted by Gasteiger charge is -2.27. The van der Waals surface area contributed by atoms with Crippen LogP contribution in [0.15, 0.2) is 36.4 Å². The first-order valence-corrected chi connectivity index (χ1v) is 9.81. The molecule has 1 aromatic heterocycles. The highest BCUT2D eigenvalue weighted by atomic mass is 35.5. The monoisotopic (exact) mass is 415 g/mol. The van der Waals surface area contributed by atoms with E-state index in [1.807, 2.05) is 13.0 Å². The number of carbonyl (C=O) groups is 3. The number of carbonyl (C=O) groups excluding carboxylic acids is 2. The van der Waals surface area contributed by atoms with Crippen molar-refractivity contribution in [1.82, 2.24) is 4.98 Å². The number of hydrogen-bond donors (Lipinski definition) is 3. The molecule has 1 aliphatic carbocycles. The van der Waals surface area contributed by atoms with E-state index in [1.165, 1.54) is 12.1 Å². The van der Waals surface area contributed by atoms with Gasteiger partial charge in [0, 0.05) is 11.4 Å². The van der Waals surface area contributed by atoms with Crippen LogP contribution in [0, 0.1) is 18.8 Å². The zero-order valence-corrected chi connectivity index (χ0v) is 16.7. The van der Waals surface area contributed by atoms with Gasteiger partial charge in [0.15, 0.2) is 0 Å². The molecule has 2 aromatic rings. The predicted molar refractivity (Wildman–Crippen MR) is 110 cm³/mol. The Bertz CT molecular complexity index is 947. The van der Waals surface area contributed by atoms with Crippen LogP contribution in [0.5, 0.6) is 0 Å². The van der Waals surface area contributed by atoms with Crippen molar-refractivity contribution < 1.29 is 19.5 Å². The number of pyridine rings is 1. The van der Waals surface area contributed by atoms with Crippen molar-refractivity contribution in [1.29, 1.82) is 0 Å². The van der Waals surface area contributed by atoms with Crippen molar-refractivity contribution in [3.05, 3.63) is 52.7 Å². The molecule has 0 bridgehead atoms. The Hall–Kier alpha value is -2.93.